The van der Waals surface area contributed by atoms with Crippen LogP contribution in [0.4, 0.5) is 5.69 Å². The van der Waals surface area contributed by atoms with Gasteiger partial charge in [0.05, 0.1) is 22.8 Å². The lowest BCUT2D eigenvalue weighted by atomic mass is 9.89. The van der Waals surface area contributed by atoms with Crippen molar-refractivity contribution in [3.63, 3.8) is 0 Å². The number of aromatic nitrogens is 1. The van der Waals surface area contributed by atoms with Gasteiger partial charge in [-0.3, -0.25) is 0 Å². The highest BCUT2D eigenvalue weighted by Crippen LogP contribution is 2.46. The Morgan fingerprint density at radius 3 is 2.16 bits per heavy atom. The number of para-hydroxylation sites is 3. The second kappa shape index (κ2) is 11.8. The van der Waals surface area contributed by atoms with E-state index in [0.29, 0.717) is 0 Å². The molecule has 1 unspecified atom stereocenters. The van der Waals surface area contributed by atoms with Crippen LogP contribution in [0.1, 0.15) is 22.7 Å². The number of nitrogens with zero attached hydrogens (tertiary/aromatic N) is 1. The highest BCUT2D eigenvalue weighted by atomic mass is 32.1. The van der Waals surface area contributed by atoms with Crippen molar-refractivity contribution < 1.29 is 4.42 Å². The average molecular weight is 721 g/mol. The normalized spacial score (nSPS) is 14.3. The van der Waals surface area contributed by atoms with Crippen LogP contribution in [-0.4, -0.2) is 4.57 Å². The van der Waals surface area contributed by atoms with Crippen molar-refractivity contribution in [1.29, 1.82) is 0 Å². The molecule has 0 amide bonds. The van der Waals surface area contributed by atoms with Gasteiger partial charge in [-0.2, -0.15) is 0 Å². The number of nitrogens with one attached hydrogen (secondary N) is 1. The van der Waals surface area contributed by atoms with E-state index in [9.17, 15) is 0 Å². The van der Waals surface area contributed by atoms with Crippen LogP contribution < -0.4 is 5.32 Å². The summed E-state index contributed by atoms with van der Waals surface area (Å²) in [7, 11) is 0. The van der Waals surface area contributed by atoms with Gasteiger partial charge < -0.3 is 14.3 Å². The second-order valence-corrected chi connectivity index (χ2v) is 15.5. The number of rotatable bonds is 4. The van der Waals surface area contributed by atoms with Gasteiger partial charge in [-0.25, -0.2) is 0 Å². The Morgan fingerprint density at radius 2 is 1.25 bits per heavy atom. The number of thiophene rings is 1. The van der Waals surface area contributed by atoms with E-state index in [-0.39, 0.29) is 6.04 Å². The number of furan rings is 1. The van der Waals surface area contributed by atoms with Gasteiger partial charge in [0, 0.05) is 53.0 Å². The molecule has 1 N–H and O–H groups in total. The van der Waals surface area contributed by atoms with Gasteiger partial charge in [0.1, 0.15) is 5.58 Å². The number of hydrogen-bond acceptors (Lipinski definition) is 3. The molecule has 4 heteroatoms. The summed E-state index contributed by atoms with van der Waals surface area (Å²) in [6, 6.07) is 63.5. The Bertz CT molecular complexity index is 3350. The monoisotopic (exact) mass is 720 g/mol. The summed E-state index contributed by atoms with van der Waals surface area (Å²) in [6.45, 7) is 0. The van der Waals surface area contributed by atoms with Gasteiger partial charge in [0.25, 0.3) is 0 Å². The maximum Gasteiger partial charge on any atom is 0.159 e. The third kappa shape index (κ3) is 4.56. The standard InChI is InChI=1S/C51H32N2OS/c1-2-12-31(13-3-1)40-30-42(52-41-19-7-4-14-35(40)41)33-26-24-32(25-27-33)34-17-11-22-46-48(34)39-18-10-21-45(50(39)54-46)53-43-20-8-5-16-38(43)49-44(53)29-28-37-36-15-6-9-23-47(36)55-51(37)49/h1-30,42,52H. The molecule has 55 heavy (non-hydrogen) atoms. The van der Waals surface area contributed by atoms with Gasteiger partial charge in [0.2, 0.25) is 0 Å². The summed E-state index contributed by atoms with van der Waals surface area (Å²) in [5, 5.41) is 11.2. The highest BCUT2D eigenvalue weighted by molar-refractivity contribution is 7.26. The molecule has 1 atom stereocenters. The molecule has 0 spiro atoms. The molecule has 12 rings (SSSR count). The van der Waals surface area contributed by atoms with E-state index in [0.717, 1.165) is 44.4 Å². The first-order valence-electron chi connectivity index (χ1n) is 18.8. The fraction of sp³-hybridized carbons (Fsp3) is 0.0196. The summed E-state index contributed by atoms with van der Waals surface area (Å²) in [5.74, 6) is 0. The van der Waals surface area contributed by atoms with E-state index in [1.165, 1.54) is 64.2 Å². The molecule has 0 radical (unpaired) electrons. The summed E-state index contributed by atoms with van der Waals surface area (Å²) < 4.78 is 11.9. The summed E-state index contributed by atoms with van der Waals surface area (Å²) in [6.07, 6.45) is 2.36. The first-order chi connectivity index (χ1) is 27.3. The van der Waals surface area contributed by atoms with E-state index < -0.39 is 0 Å². The number of benzene rings is 8. The van der Waals surface area contributed by atoms with Gasteiger partial charge in [-0.05, 0) is 70.3 Å². The van der Waals surface area contributed by atoms with Gasteiger partial charge in [-0.15, -0.1) is 11.3 Å². The molecule has 258 valence electrons. The summed E-state index contributed by atoms with van der Waals surface area (Å²) in [5.41, 5.74) is 13.6. The smallest absolute Gasteiger partial charge is 0.159 e. The number of fused-ring (bicyclic) bond motifs is 11. The minimum absolute atomic E-state index is 0.0484. The lowest BCUT2D eigenvalue weighted by Gasteiger charge is -2.27. The van der Waals surface area contributed by atoms with Crippen molar-refractivity contribution in [3.8, 4) is 16.8 Å². The van der Waals surface area contributed by atoms with Crippen molar-refractivity contribution in [2.24, 2.45) is 0 Å². The van der Waals surface area contributed by atoms with Crippen molar-refractivity contribution >= 4 is 86.5 Å². The topological polar surface area (TPSA) is 30.1 Å². The first kappa shape index (κ1) is 30.6. The minimum atomic E-state index is 0.0484. The van der Waals surface area contributed by atoms with Crippen molar-refractivity contribution in [2.75, 3.05) is 5.32 Å². The van der Waals surface area contributed by atoms with E-state index in [1.807, 2.05) is 11.3 Å². The third-order valence-electron chi connectivity index (χ3n) is 11.5. The third-order valence-corrected chi connectivity index (χ3v) is 12.7. The van der Waals surface area contributed by atoms with Crippen LogP contribution in [0, 0.1) is 0 Å². The SMILES string of the molecule is C1=C(c2ccccc2)c2ccccc2NC1c1ccc(-c2cccc3oc4c(-n5c6ccccc6c6c7sc8ccccc8c7ccc65)cccc4c23)cc1. The van der Waals surface area contributed by atoms with Crippen LogP contribution in [0.15, 0.2) is 186 Å². The predicted octanol–water partition coefficient (Wildman–Crippen LogP) is 14.3. The van der Waals surface area contributed by atoms with Gasteiger partial charge in [-0.1, -0.05) is 140 Å². The quantitative estimate of drug-likeness (QED) is 0.196. The van der Waals surface area contributed by atoms with E-state index in [4.69, 9.17) is 4.42 Å². The Morgan fingerprint density at radius 1 is 0.509 bits per heavy atom. The molecule has 0 bridgehead atoms. The molecule has 3 aromatic heterocycles. The van der Waals surface area contributed by atoms with Crippen LogP contribution in [-0.2, 0) is 0 Å². The molecule has 0 fully saturated rings. The number of hydrogen-bond donors (Lipinski definition) is 1. The van der Waals surface area contributed by atoms with E-state index in [2.05, 4.69) is 192 Å². The Hall–Kier alpha value is -6.88. The molecule has 8 aromatic carbocycles. The zero-order valence-corrected chi connectivity index (χ0v) is 30.5. The number of anilines is 1. The first-order valence-corrected chi connectivity index (χ1v) is 19.6. The van der Waals surface area contributed by atoms with Crippen LogP contribution in [0.2, 0.25) is 0 Å². The van der Waals surface area contributed by atoms with Crippen molar-refractivity contribution in [2.45, 2.75) is 6.04 Å². The molecule has 4 heterocycles. The molecule has 0 saturated heterocycles. The molecular weight excluding hydrogens is 689 g/mol. The van der Waals surface area contributed by atoms with Crippen LogP contribution in [0.25, 0.3) is 86.3 Å². The zero-order valence-electron chi connectivity index (χ0n) is 29.7. The average Bonchev–Trinajstić information content (AvgIpc) is 3.93. The lowest BCUT2D eigenvalue weighted by Crippen LogP contribution is -2.14. The fourth-order valence-electron chi connectivity index (χ4n) is 8.97. The summed E-state index contributed by atoms with van der Waals surface area (Å²) >= 11 is 1.88. The van der Waals surface area contributed by atoms with Crippen molar-refractivity contribution in [3.05, 3.63) is 199 Å². The maximum atomic E-state index is 6.87. The van der Waals surface area contributed by atoms with Crippen LogP contribution in [0.5, 0.6) is 0 Å². The van der Waals surface area contributed by atoms with E-state index in [1.54, 1.807) is 0 Å². The fourth-order valence-corrected chi connectivity index (χ4v) is 10.2. The molecule has 3 nitrogen and oxygen atoms in total. The maximum absolute atomic E-state index is 6.87. The zero-order chi connectivity index (χ0) is 36.0. The highest BCUT2D eigenvalue weighted by Gasteiger charge is 2.23. The molecule has 1 aliphatic rings. The predicted molar refractivity (Wildman–Crippen MR) is 233 cm³/mol. The minimum Gasteiger partial charge on any atom is -0.454 e. The largest absolute Gasteiger partial charge is 0.454 e. The lowest BCUT2D eigenvalue weighted by molar-refractivity contribution is 0.666. The molecule has 11 aromatic rings. The second-order valence-electron chi connectivity index (χ2n) is 14.5. The molecule has 1 aliphatic heterocycles. The van der Waals surface area contributed by atoms with Crippen LogP contribution in [0.3, 0.4) is 0 Å². The Kier molecular flexibility index (Phi) is 6.56. The molecule has 0 aliphatic carbocycles. The van der Waals surface area contributed by atoms with Crippen molar-refractivity contribution in [1.82, 2.24) is 4.57 Å². The Labute approximate surface area is 321 Å². The summed E-state index contributed by atoms with van der Waals surface area (Å²) in [4.78, 5) is 0. The van der Waals surface area contributed by atoms with Crippen LogP contribution >= 0.6 is 11.3 Å². The molecule has 0 saturated carbocycles. The van der Waals surface area contributed by atoms with Gasteiger partial charge >= 0.3 is 0 Å². The molecular formula is C51H32N2OS. The Balaban J connectivity index is 0.996. The van der Waals surface area contributed by atoms with E-state index >= 15 is 0 Å². The van der Waals surface area contributed by atoms with Gasteiger partial charge in [0.15, 0.2) is 5.58 Å².